The van der Waals surface area contributed by atoms with Crippen LogP contribution in [0.4, 0.5) is 4.39 Å². The number of rotatable bonds is 4. The summed E-state index contributed by atoms with van der Waals surface area (Å²) in [5.41, 5.74) is 0.427. The molecule has 0 heterocycles. The zero-order chi connectivity index (χ0) is 20.0. The molecule has 0 bridgehead atoms. The molecule has 0 aliphatic heterocycles. The summed E-state index contributed by atoms with van der Waals surface area (Å²) in [5, 5.41) is -3.29. The van der Waals surface area contributed by atoms with Gasteiger partial charge >= 0.3 is 7.60 Å². The third kappa shape index (κ3) is 4.30. The van der Waals surface area contributed by atoms with Crippen molar-refractivity contribution in [3.05, 3.63) is 28.8 Å². The summed E-state index contributed by atoms with van der Waals surface area (Å²) in [7, 11) is -3.74. The van der Waals surface area contributed by atoms with Crippen LogP contribution in [0.1, 0.15) is 70.0 Å². The first kappa shape index (κ1) is 21.8. The van der Waals surface area contributed by atoms with Gasteiger partial charge in [0.25, 0.3) is 5.41 Å². The molecule has 142 valence electrons. The predicted molar refractivity (Wildman–Crippen MR) is 96.3 cm³/mol. The number of carbonyl (C=O) groups excluding carboxylic acids is 1. The Kier molecular flexibility index (Phi) is 5.66. The van der Waals surface area contributed by atoms with Gasteiger partial charge in [-0.3, -0.25) is 9.36 Å². The second-order valence-electron chi connectivity index (χ2n) is 8.43. The number of benzene rings is 1. The summed E-state index contributed by atoms with van der Waals surface area (Å²) in [6, 6.07) is 2.92. The second kappa shape index (κ2) is 6.49. The van der Waals surface area contributed by atoms with E-state index in [2.05, 4.69) is 0 Å². The molecule has 0 spiro atoms. The molecule has 1 aromatic carbocycles. The van der Waals surface area contributed by atoms with Crippen LogP contribution in [-0.4, -0.2) is 28.1 Å². The summed E-state index contributed by atoms with van der Waals surface area (Å²) >= 11 is 0. The first-order valence-corrected chi connectivity index (χ1v) is 9.58. The summed E-state index contributed by atoms with van der Waals surface area (Å²) < 4.78 is 31.6. The Morgan fingerprint density at radius 1 is 1.00 bits per heavy atom. The first-order valence-electron chi connectivity index (χ1n) is 7.97. The van der Waals surface area contributed by atoms with Crippen LogP contribution in [0, 0.1) is 0 Å². The quantitative estimate of drug-likeness (QED) is 0.605. The number of methoxy groups -OCH3 is 1. The van der Waals surface area contributed by atoms with Gasteiger partial charge in [-0.05, 0) is 29.9 Å². The summed E-state index contributed by atoms with van der Waals surface area (Å²) in [6.07, 6.45) is 0. The van der Waals surface area contributed by atoms with Gasteiger partial charge in [0, 0.05) is 16.7 Å². The number of Topliss-reactive ketones (excluding diaryl/α,β-unsaturated/α-hetero) is 1. The number of hydrogen-bond donors (Lipinski definition) is 2. The second-order valence-corrected chi connectivity index (χ2v) is 10.4. The van der Waals surface area contributed by atoms with E-state index in [4.69, 9.17) is 4.74 Å². The van der Waals surface area contributed by atoms with E-state index in [0.29, 0.717) is 23.8 Å². The summed E-state index contributed by atoms with van der Waals surface area (Å²) in [6.45, 7) is 12.1. The smallest absolute Gasteiger partial charge is 0.370 e. The van der Waals surface area contributed by atoms with Crippen molar-refractivity contribution in [3.63, 3.8) is 0 Å². The molecule has 1 atom stereocenters. The van der Waals surface area contributed by atoms with E-state index in [0.717, 1.165) is 0 Å². The van der Waals surface area contributed by atoms with Crippen molar-refractivity contribution in [2.24, 2.45) is 0 Å². The summed E-state index contributed by atoms with van der Waals surface area (Å²) in [5.74, 6) is -0.646. The average molecular weight is 374 g/mol. The number of carbonyl (C=O) groups is 1. The van der Waals surface area contributed by atoms with Crippen molar-refractivity contribution < 1.29 is 28.3 Å². The van der Waals surface area contributed by atoms with E-state index in [-0.39, 0.29) is 5.56 Å². The van der Waals surface area contributed by atoms with Gasteiger partial charge < -0.3 is 14.5 Å². The maximum Gasteiger partial charge on any atom is 0.370 e. The van der Waals surface area contributed by atoms with Gasteiger partial charge in [-0.1, -0.05) is 41.5 Å². The van der Waals surface area contributed by atoms with Gasteiger partial charge in [0.15, 0.2) is 0 Å². The lowest BCUT2D eigenvalue weighted by atomic mass is 9.78. The highest BCUT2D eigenvalue weighted by Gasteiger charge is 2.50. The molecule has 0 saturated carbocycles. The molecule has 7 heteroatoms. The number of alkyl halides is 1. The minimum absolute atomic E-state index is 0.0797. The Hall–Kier alpha value is -1.23. The Bertz CT molecular complexity index is 685. The Labute approximate surface area is 148 Å². The first-order chi connectivity index (χ1) is 10.9. The van der Waals surface area contributed by atoms with Crippen LogP contribution < -0.4 is 4.74 Å². The van der Waals surface area contributed by atoms with E-state index >= 15 is 0 Å². The third-order valence-electron chi connectivity index (χ3n) is 4.13. The zero-order valence-electron chi connectivity index (χ0n) is 16.1. The topological polar surface area (TPSA) is 83.8 Å². The fourth-order valence-electron chi connectivity index (χ4n) is 2.49. The number of halogens is 1. The van der Waals surface area contributed by atoms with Crippen molar-refractivity contribution in [1.82, 2.24) is 0 Å². The monoisotopic (exact) mass is 374 g/mol. The van der Waals surface area contributed by atoms with Crippen molar-refractivity contribution in [1.29, 1.82) is 0 Å². The van der Waals surface area contributed by atoms with Crippen molar-refractivity contribution in [2.75, 3.05) is 7.11 Å². The van der Waals surface area contributed by atoms with Crippen LogP contribution in [-0.2, 0) is 15.4 Å². The fourth-order valence-corrected chi connectivity index (χ4v) is 2.88. The van der Waals surface area contributed by atoms with Crippen LogP contribution in [0.15, 0.2) is 12.1 Å². The molecule has 0 amide bonds. The molecule has 25 heavy (non-hydrogen) atoms. The predicted octanol–water partition coefficient (Wildman–Crippen LogP) is 4.34. The van der Waals surface area contributed by atoms with E-state index in [9.17, 15) is 23.5 Å². The van der Waals surface area contributed by atoms with Crippen LogP contribution in [0.3, 0.4) is 0 Å². The normalized spacial score (nSPS) is 15.6. The molecule has 1 rings (SSSR count). The van der Waals surface area contributed by atoms with Crippen LogP contribution >= 0.6 is 7.60 Å². The van der Waals surface area contributed by atoms with E-state index in [1.165, 1.54) is 19.2 Å². The molecule has 2 N–H and O–H groups in total. The third-order valence-corrected chi connectivity index (χ3v) is 5.43. The molecule has 0 fully saturated rings. The van der Waals surface area contributed by atoms with E-state index in [1.807, 2.05) is 41.5 Å². The van der Waals surface area contributed by atoms with Crippen LogP contribution in [0.2, 0.25) is 0 Å². The minimum Gasteiger partial charge on any atom is -0.496 e. The SMILES string of the molecule is COc1c(C(C)(C)C)cc(C(=O)C(C)(F)P(=O)(O)O)cc1C(C)(C)C. The number of hydrogen-bond acceptors (Lipinski definition) is 3. The fraction of sp³-hybridized carbons (Fsp3) is 0.611. The van der Waals surface area contributed by atoms with Gasteiger partial charge in [-0.2, -0.15) is 0 Å². The van der Waals surface area contributed by atoms with E-state index < -0.39 is 29.6 Å². The van der Waals surface area contributed by atoms with Crippen molar-refractivity contribution in [3.8, 4) is 5.75 Å². The van der Waals surface area contributed by atoms with Gasteiger partial charge in [0.1, 0.15) is 5.75 Å². The van der Waals surface area contributed by atoms with E-state index in [1.54, 1.807) is 0 Å². The van der Waals surface area contributed by atoms with Crippen LogP contribution in [0.5, 0.6) is 5.75 Å². The molecule has 1 aromatic rings. The average Bonchev–Trinajstić information content (AvgIpc) is 2.41. The van der Waals surface area contributed by atoms with Crippen molar-refractivity contribution in [2.45, 2.75) is 64.7 Å². The summed E-state index contributed by atoms with van der Waals surface area (Å²) in [4.78, 5) is 31.0. The van der Waals surface area contributed by atoms with Crippen molar-refractivity contribution >= 4 is 13.4 Å². The largest absolute Gasteiger partial charge is 0.496 e. The van der Waals surface area contributed by atoms with Gasteiger partial charge in [0.05, 0.1) is 7.11 Å². The lowest BCUT2D eigenvalue weighted by molar-refractivity contribution is 0.0811. The Balaban J connectivity index is 3.81. The molecule has 0 saturated heterocycles. The molecule has 0 aliphatic carbocycles. The van der Waals surface area contributed by atoms with Gasteiger partial charge in [-0.15, -0.1) is 0 Å². The number of ether oxygens (including phenoxy) is 1. The zero-order valence-corrected chi connectivity index (χ0v) is 17.0. The van der Waals surface area contributed by atoms with Crippen LogP contribution in [0.25, 0.3) is 0 Å². The number of ketones is 1. The lowest BCUT2D eigenvalue weighted by Gasteiger charge is -2.30. The molecule has 1 unspecified atom stereocenters. The molecular weight excluding hydrogens is 346 g/mol. The molecule has 0 radical (unpaired) electrons. The Morgan fingerprint density at radius 2 is 1.36 bits per heavy atom. The van der Waals surface area contributed by atoms with Gasteiger partial charge in [0.2, 0.25) is 5.78 Å². The Morgan fingerprint density at radius 3 is 1.60 bits per heavy atom. The highest BCUT2D eigenvalue weighted by Crippen LogP contribution is 2.53. The highest BCUT2D eigenvalue weighted by atomic mass is 31.2. The maximum atomic E-state index is 14.6. The standard InChI is InChI=1S/C18H28FO5P/c1-16(2,3)12-9-11(15(20)18(7,19)25(21,22)23)10-13(14(12)24-8)17(4,5)6/h9-10H,1-8H3,(H2,21,22,23). The minimum atomic E-state index is -5.27. The lowest BCUT2D eigenvalue weighted by Crippen LogP contribution is -2.31. The molecule has 0 aliphatic rings. The maximum absolute atomic E-state index is 14.6. The van der Waals surface area contributed by atoms with Gasteiger partial charge in [-0.25, -0.2) is 4.39 Å². The molecule has 0 aromatic heterocycles. The molecular formula is C18H28FO5P. The highest BCUT2D eigenvalue weighted by molar-refractivity contribution is 7.54. The molecule has 5 nitrogen and oxygen atoms in total.